The summed E-state index contributed by atoms with van der Waals surface area (Å²) in [6.07, 6.45) is 3.05. The van der Waals surface area contributed by atoms with Crippen molar-refractivity contribution in [3.8, 4) is 0 Å². The highest BCUT2D eigenvalue weighted by molar-refractivity contribution is 7.89. The maximum absolute atomic E-state index is 12.3. The molecule has 6 nitrogen and oxygen atoms in total. The number of aryl methyl sites for hydroxylation is 1. The molecule has 3 N–H and O–H groups in total. The maximum atomic E-state index is 12.3. The normalized spacial score (nSPS) is 19.6. The first-order valence-corrected chi connectivity index (χ1v) is 7.20. The molecule has 0 atom stereocenters. The lowest BCUT2D eigenvalue weighted by Crippen LogP contribution is -2.40. The van der Waals surface area contributed by atoms with Crippen LogP contribution in [0.25, 0.3) is 0 Å². The number of H-pyrrole nitrogens is 1. The minimum atomic E-state index is -3.38. The van der Waals surface area contributed by atoms with Gasteiger partial charge >= 0.3 is 0 Å². The zero-order valence-electron chi connectivity index (χ0n) is 9.89. The van der Waals surface area contributed by atoms with Crippen molar-refractivity contribution in [1.29, 1.82) is 0 Å². The molecule has 0 amide bonds. The van der Waals surface area contributed by atoms with Crippen molar-refractivity contribution in [1.82, 2.24) is 14.5 Å². The third-order valence-corrected chi connectivity index (χ3v) is 5.32. The SMILES string of the molecule is Cc1[nH]ncc1S(=O)(=O)N1CCC(CN)CC1. The highest BCUT2D eigenvalue weighted by Gasteiger charge is 2.30. The summed E-state index contributed by atoms with van der Waals surface area (Å²) >= 11 is 0. The summed E-state index contributed by atoms with van der Waals surface area (Å²) in [7, 11) is -3.38. The van der Waals surface area contributed by atoms with Gasteiger partial charge in [0, 0.05) is 13.1 Å². The van der Waals surface area contributed by atoms with Gasteiger partial charge in [-0.25, -0.2) is 8.42 Å². The molecule has 1 aliphatic heterocycles. The lowest BCUT2D eigenvalue weighted by molar-refractivity contribution is 0.278. The molecule has 7 heteroatoms. The van der Waals surface area contributed by atoms with Crippen molar-refractivity contribution in [3.63, 3.8) is 0 Å². The van der Waals surface area contributed by atoms with Crippen molar-refractivity contribution in [2.24, 2.45) is 11.7 Å². The first-order valence-electron chi connectivity index (χ1n) is 5.76. The van der Waals surface area contributed by atoms with E-state index in [1.165, 1.54) is 10.5 Å². The van der Waals surface area contributed by atoms with Crippen LogP contribution in [0.15, 0.2) is 11.1 Å². The topological polar surface area (TPSA) is 92.1 Å². The molecule has 2 rings (SSSR count). The van der Waals surface area contributed by atoms with Gasteiger partial charge in [0.2, 0.25) is 10.0 Å². The summed E-state index contributed by atoms with van der Waals surface area (Å²) in [5.41, 5.74) is 6.18. The molecular formula is C10H18N4O2S. The Morgan fingerprint density at radius 3 is 2.65 bits per heavy atom. The van der Waals surface area contributed by atoms with Crippen LogP contribution in [0.3, 0.4) is 0 Å². The third-order valence-electron chi connectivity index (χ3n) is 3.31. The van der Waals surface area contributed by atoms with Crippen LogP contribution in [0, 0.1) is 12.8 Å². The first kappa shape index (κ1) is 12.5. The lowest BCUT2D eigenvalue weighted by Gasteiger charge is -2.30. The predicted molar refractivity (Wildman–Crippen MR) is 63.9 cm³/mol. The van der Waals surface area contributed by atoms with Gasteiger partial charge in [-0.2, -0.15) is 9.40 Å². The fraction of sp³-hybridized carbons (Fsp3) is 0.700. The zero-order valence-corrected chi connectivity index (χ0v) is 10.7. The maximum Gasteiger partial charge on any atom is 0.246 e. The Morgan fingerprint density at radius 2 is 2.18 bits per heavy atom. The van der Waals surface area contributed by atoms with Crippen molar-refractivity contribution in [2.45, 2.75) is 24.7 Å². The van der Waals surface area contributed by atoms with Gasteiger partial charge in [-0.1, -0.05) is 0 Å². The fourth-order valence-electron chi connectivity index (χ4n) is 2.12. The number of nitrogens with one attached hydrogen (secondary N) is 1. The van der Waals surface area contributed by atoms with Gasteiger partial charge in [0.05, 0.1) is 11.9 Å². The zero-order chi connectivity index (χ0) is 12.5. The number of aromatic nitrogens is 2. The van der Waals surface area contributed by atoms with Gasteiger partial charge in [-0.3, -0.25) is 5.10 Å². The van der Waals surface area contributed by atoms with Crippen molar-refractivity contribution >= 4 is 10.0 Å². The minimum Gasteiger partial charge on any atom is -0.330 e. The number of hydrogen-bond acceptors (Lipinski definition) is 4. The van der Waals surface area contributed by atoms with Crippen LogP contribution in [0.1, 0.15) is 18.5 Å². The van der Waals surface area contributed by atoms with Crippen LogP contribution in [-0.4, -0.2) is 42.6 Å². The van der Waals surface area contributed by atoms with E-state index in [0.29, 0.717) is 31.2 Å². The number of hydrogen-bond donors (Lipinski definition) is 2. The average molecular weight is 258 g/mol. The molecule has 0 aliphatic carbocycles. The molecule has 1 aromatic heterocycles. The molecule has 96 valence electrons. The third kappa shape index (κ3) is 2.36. The molecule has 17 heavy (non-hydrogen) atoms. The van der Waals surface area contributed by atoms with E-state index in [2.05, 4.69) is 10.2 Å². The Balaban J connectivity index is 2.16. The molecule has 1 saturated heterocycles. The second kappa shape index (κ2) is 4.75. The number of rotatable bonds is 3. The summed E-state index contributed by atoms with van der Waals surface area (Å²) < 4.78 is 26.1. The van der Waals surface area contributed by atoms with Crippen molar-refractivity contribution in [2.75, 3.05) is 19.6 Å². The Morgan fingerprint density at radius 1 is 1.53 bits per heavy atom. The summed E-state index contributed by atoms with van der Waals surface area (Å²) in [6, 6.07) is 0. The van der Waals surface area contributed by atoms with Crippen molar-refractivity contribution in [3.05, 3.63) is 11.9 Å². The molecule has 0 bridgehead atoms. The van der Waals surface area contributed by atoms with Gasteiger partial charge in [0.1, 0.15) is 4.90 Å². The Hall–Kier alpha value is -0.920. The average Bonchev–Trinajstić information content (AvgIpc) is 2.76. The van der Waals surface area contributed by atoms with Crippen LogP contribution in [-0.2, 0) is 10.0 Å². The molecule has 0 aromatic carbocycles. The van der Waals surface area contributed by atoms with Gasteiger partial charge in [-0.05, 0) is 32.2 Å². The number of aromatic amines is 1. The quantitative estimate of drug-likeness (QED) is 0.803. The van der Waals surface area contributed by atoms with Gasteiger partial charge in [0.15, 0.2) is 0 Å². The molecular weight excluding hydrogens is 240 g/mol. The van der Waals surface area contributed by atoms with E-state index in [9.17, 15) is 8.42 Å². The van der Waals surface area contributed by atoms with E-state index in [1.807, 2.05) is 0 Å². The Labute approximate surface area is 101 Å². The first-order chi connectivity index (χ1) is 8.05. The molecule has 0 unspecified atom stereocenters. The van der Waals surface area contributed by atoms with Crippen LogP contribution in [0.2, 0.25) is 0 Å². The van der Waals surface area contributed by atoms with E-state index < -0.39 is 10.0 Å². The molecule has 1 aromatic rings. The number of nitrogens with zero attached hydrogens (tertiary/aromatic N) is 2. The minimum absolute atomic E-state index is 0.281. The second-order valence-electron chi connectivity index (χ2n) is 4.44. The van der Waals surface area contributed by atoms with Crippen LogP contribution in [0.4, 0.5) is 0 Å². The monoisotopic (exact) mass is 258 g/mol. The summed E-state index contributed by atoms with van der Waals surface area (Å²) in [6.45, 7) is 3.45. The number of nitrogens with two attached hydrogens (primary N) is 1. The largest absolute Gasteiger partial charge is 0.330 e. The molecule has 2 heterocycles. The summed E-state index contributed by atoms with van der Waals surface area (Å²) in [5.74, 6) is 0.451. The van der Waals surface area contributed by atoms with E-state index in [4.69, 9.17) is 5.73 Å². The Bertz CT molecular complexity index is 474. The van der Waals surface area contributed by atoms with Crippen LogP contribution in [0.5, 0.6) is 0 Å². The highest BCUT2D eigenvalue weighted by Crippen LogP contribution is 2.23. The molecule has 1 fully saturated rings. The smallest absolute Gasteiger partial charge is 0.246 e. The van der Waals surface area contributed by atoms with Gasteiger partial charge in [0.25, 0.3) is 0 Å². The fourth-order valence-corrected chi connectivity index (χ4v) is 3.71. The van der Waals surface area contributed by atoms with Crippen LogP contribution < -0.4 is 5.73 Å². The van der Waals surface area contributed by atoms with E-state index in [1.54, 1.807) is 6.92 Å². The molecule has 0 radical (unpaired) electrons. The molecule has 1 aliphatic rings. The second-order valence-corrected chi connectivity index (χ2v) is 6.35. The van der Waals surface area contributed by atoms with Crippen LogP contribution >= 0.6 is 0 Å². The van der Waals surface area contributed by atoms with Crippen molar-refractivity contribution < 1.29 is 8.42 Å². The highest BCUT2D eigenvalue weighted by atomic mass is 32.2. The number of sulfonamides is 1. The van der Waals surface area contributed by atoms with E-state index in [0.717, 1.165) is 12.8 Å². The van der Waals surface area contributed by atoms with E-state index >= 15 is 0 Å². The van der Waals surface area contributed by atoms with Gasteiger partial charge in [-0.15, -0.1) is 0 Å². The predicted octanol–water partition coefficient (Wildman–Crippen LogP) is 0.0775. The Kier molecular flexibility index (Phi) is 3.50. The number of piperidine rings is 1. The lowest BCUT2D eigenvalue weighted by atomic mass is 9.99. The summed E-state index contributed by atoms with van der Waals surface area (Å²) in [4.78, 5) is 0.281. The van der Waals surface area contributed by atoms with E-state index in [-0.39, 0.29) is 4.90 Å². The van der Waals surface area contributed by atoms with Gasteiger partial charge < -0.3 is 5.73 Å². The summed E-state index contributed by atoms with van der Waals surface area (Å²) in [5, 5.41) is 6.42. The molecule has 0 saturated carbocycles. The molecule has 0 spiro atoms. The standard InChI is InChI=1S/C10H18N4O2S/c1-8-10(7-12-13-8)17(15,16)14-4-2-9(6-11)3-5-14/h7,9H,2-6,11H2,1H3,(H,12,13).